The monoisotopic (exact) mass is 435 g/mol. The number of likely N-dealkylation sites (tertiary alicyclic amines) is 1. The molecule has 4 rings (SSSR count). The summed E-state index contributed by atoms with van der Waals surface area (Å²) >= 11 is 0. The molecule has 0 bridgehead atoms. The van der Waals surface area contributed by atoms with Gasteiger partial charge in [-0.05, 0) is 55.9 Å². The van der Waals surface area contributed by atoms with Gasteiger partial charge in [-0.2, -0.15) is 0 Å². The zero-order valence-electron chi connectivity index (χ0n) is 19.0. The topological polar surface area (TPSA) is 61.9 Å². The summed E-state index contributed by atoms with van der Waals surface area (Å²) in [4.78, 5) is 29.2. The average Bonchev–Trinajstić information content (AvgIpc) is 2.82. The first-order valence-corrected chi connectivity index (χ1v) is 11.6. The fourth-order valence-corrected chi connectivity index (χ4v) is 4.72. The van der Waals surface area contributed by atoms with Gasteiger partial charge in [0.05, 0.1) is 12.2 Å². The predicted octanol–water partition coefficient (Wildman–Crippen LogP) is 4.03. The van der Waals surface area contributed by atoms with Crippen LogP contribution in [0.3, 0.4) is 0 Å². The van der Waals surface area contributed by atoms with Gasteiger partial charge in [0, 0.05) is 38.3 Å². The molecule has 2 aliphatic heterocycles. The van der Waals surface area contributed by atoms with E-state index in [2.05, 4.69) is 29.6 Å². The third-order valence-corrected chi connectivity index (χ3v) is 6.40. The number of morpholine rings is 1. The van der Waals surface area contributed by atoms with Crippen LogP contribution in [0.25, 0.3) is 0 Å². The molecule has 0 aromatic heterocycles. The summed E-state index contributed by atoms with van der Waals surface area (Å²) in [5.41, 5.74) is 3.02. The SMILES string of the molecule is CC1CN(C(=O)c2ccc(CNC(=O)N3CCC(c4ccccc4)CC3)cc2)CC(C)O1. The fourth-order valence-electron chi connectivity index (χ4n) is 4.72. The highest BCUT2D eigenvalue weighted by molar-refractivity contribution is 5.94. The summed E-state index contributed by atoms with van der Waals surface area (Å²) in [5.74, 6) is 0.562. The summed E-state index contributed by atoms with van der Waals surface area (Å²) in [6, 6.07) is 18.1. The van der Waals surface area contributed by atoms with E-state index in [0.717, 1.165) is 31.5 Å². The molecule has 0 saturated carbocycles. The molecule has 2 aromatic rings. The highest BCUT2D eigenvalue weighted by atomic mass is 16.5. The maximum Gasteiger partial charge on any atom is 0.317 e. The van der Waals surface area contributed by atoms with Crippen LogP contribution in [-0.4, -0.2) is 60.1 Å². The van der Waals surface area contributed by atoms with Gasteiger partial charge in [0.1, 0.15) is 0 Å². The van der Waals surface area contributed by atoms with Crippen LogP contribution in [-0.2, 0) is 11.3 Å². The van der Waals surface area contributed by atoms with Crippen molar-refractivity contribution in [2.45, 2.75) is 51.4 Å². The van der Waals surface area contributed by atoms with Crippen molar-refractivity contribution >= 4 is 11.9 Å². The van der Waals surface area contributed by atoms with Crippen molar-refractivity contribution in [1.82, 2.24) is 15.1 Å². The van der Waals surface area contributed by atoms with E-state index in [9.17, 15) is 9.59 Å². The van der Waals surface area contributed by atoms with Crippen LogP contribution in [0.2, 0.25) is 0 Å². The lowest BCUT2D eigenvalue weighted by Crippen LogP contribution is -2.48. The van der Waals surface area contributed by atoms with Crippen molar-refractivity contribution in [2.75, 3.05) is 26.2 Å². The van der Waals surface area contributed by atoms with E-state index in [0.29, 0.717) is 31.1 Å². The first-order chi connectivity index (χ1) is 15.5. The second kappa shape index (κ2) is 10.2. The summed E-state index contributed by atoms with van der Waals surface area (Å²) < 4.78 is 5.72. The number of urea groups is 1. The van der Waals surface area contributed by atoms with Crippen LogP contribution >= 0.6 is 0 Å². The molecule has 32 heavy (non-hydrogen) atoms. The van der Waals surface area contributed by atoms with Gasteiger partial charge in [0.2, 0.25) is 0 Å². The average molecular weight is 436 g/mol. The molecule has 1 N–H and O–H groups in total. The van der Waals surface area contributed by atoms with Crippen LogP contribution in [0.5, 0.6) is 0 Å². The second-order valence-electron chi connectivity index (χ2n) is 9.00. The Morgan fingerprint density at radius 1 is 0.906 bits per heavy atom. The van der Waals surface area contributed by atoms with Crippen LogP contribution < -0.4 is 5.32 Å². The minimum atomic E-state index is -0.0204. The highest BCUT2D eigenvalue weighted by Crippen LogP contribution is 2.27. The lowest BCUT2D eigenvalue weighted by atomic mass is 9.90. The molecule has 2 aromatic carbocycles. The first-order valence-electron chi connectivity index (χ1n) is 11.6. The van der Waals surface area contributed by atoms with E-state index in [1.807, 2.05) is 54.0 Å². The minimum absolute atomic E-state index is 0.0204. The van der Waals surface area contributed by atoms with Gasteiger partial charge in [0.25, 0.3) is 5.91 Å². The molecule has 2 aliphatic rings. The van der Waals surface area contributed by atoms with Crippen molar-refractivity contribution in [2.24, 2.45) is 0 Å². The smallest absolute Gasteiger partial charge is 0.317 e. The largest absolute Gasteiger partial charge is 0.372 e. The molecule has 2 heterocycles. The van der Waals surface area contributed by atoms with Gasteiger partial charge in [-0.1, -0.05) is 42.5 Å². The van der Waals surface area contributed by atoms with Crippen LogP contribution in [0.4, 0.5) is 4.79 Å². The molecule has 170 valence electrons. The standard InChI is InChI=1S/C26H33N3O3/c1-19-17-29(18-20(2)32-19)25(30)24-10-8-21(9-11-24)16-27-26(31)28-14-12-23(13-15-28)22-6-4-3-5-7-22/h3-11,19-20,23H,12-18H2,1-2H3,(H,27,31). The Labute approximate surface area is 190 Å². The van der Waals surface area contributed by atoms with E-state index >= 15 is 0 Å². The maximum absolute atomic E-state index is 12.8. The number of nitrogens with zero attached hydrogens (tertiary/aromatic N) is 2. The van der Waals surface area contributed by atoms with Crippen LogP contribution in [0.15, 0.2) is 54.6 Å². The van der Waals surface area contributed by atoms with E-state index in [1.165, 1.54) is 5.56 Å². The second-order valence-corrected chi connectivity index (χ2v) is 9.00. The number of hydrogen-bond acceptors (Lipinski definition) is 3. The molecule has 2 atom stereocenters. The van der Waals surface area contributed by atoms with Crippen LogP contribution in [0.1, 0.15) is 54.1 Å². The van der Waals surface area contributed by atoms with Crippen LogP contribution in [0, 0.1) is 0 Å². The lowest BCUT2D eigenvalue weighted by Gasteiger charge is -2.35. The summed E-state index contributed by atoms with van der Waals surface area (Å²) in [6.45, 7) is 7.21. The lowest BCUT2D eigenvalue weighted by molar-refractivity contribution is -0.0586. The van der Waals surface area contributed by atoms with Gasteiger partial charge in [-0.3, -0.25) is 4.79 Å². The van der Waals surface area contributed by atoms with E-state index in [-0.39, 0.29) is 24.1 Å². The number of carbonyl (C=O) groups is 2. The molecule has 2 fully saturated rings. The molecule has 6 nitrogen and oxygen atoms in total. The normalized spacial score (nSPS) is 21.9. The number of piperidine rings is 1. The van der Waals surface area contributed by atoms with Crippen molar-refractivity contribution in [3.8, 4) is 0 Å². The Morgan fingerprint density at radius 3 is 2.16 bits per heavy atom. The maximum atomic E-state index is 12.8. The third kappa shape index (κ3) is 5.49. The Kier molecular flexibility index (Phi) is 7.10. The Bertz CT molecular complexity index is 898. The number of benzene rings is 2. The molecule has 3 amide bonds. The van der Waals surface area contributed by atoms with E-state index in [1.54, 1.807) is 0 Å². The molecule has 0 aliphatic carbocycles. The predicted molar refractivity (Wildman–Crippen MR) is 125 cm³/mol. The number of ether oxygens (including phenoxy) is 1. The van der Waals surface area contributed by atoms with Gasteiger partial charge in [0.15, 0.2) is 0 Å². The van der Waals surface area contributed by atoms with Crippen molar-refractivity contribution in [3.63, 3.8) is 0 Å². The molecule has 0 radical (unpaired) electrons. The van der Waals surface area contributed by atoms with E-state index in [4.69, 9.17) is 4.74 Å². The Morgan fingerprint density at radius 2 is 1.53 bits per heavy atom. The van der Waals surface area contributed by atoms with Gasteiger partial charge >= 0.3 is 6.03 Å². The van der Waals surface area contributed by atoms with Gasteiger partial charge in [-0.25, -0.2) is 4.79 Å². The summed E-state index contributed by atoms with van der Waals surface area (Å²) in [6.07, 6.45) is 2.09. The number of amides is 3. The fraction of sp³-hybridized carbons (Fsp3) is 0.462. The molecule has 2 unspecified atom stereocenters. The van der Waals surface area contributed by atoms with Crippen molar-refractivity contribution in [1.29, 1.82) is 0 Å². The van der Waals surface area contributed by atoms with Crippen molar-refractivity contribution < 1.29 is 14.3 Å². The number of hydrogen-bond donors (Lipinski definition) is 1. The quantitative estimate of drug-likeness (QED) is 0.789. The number of carbonyl (C=O) groups excluding carboxylic acids is 2. The summed E-state index contributed by atoms with van der Waals surface area (Å²) in [7, 11) is 0. The third-order valence-electron chi connectivity index (χ3n) is 6.40. The minimum Gasteiger partial charge on any atom is -0.372 e. The first kappa shape index (κ1) is 22.3. The Balaban J connectivity index is 1.24. The summed E-state index contributed by atoms with van der Waals surface area (Å²) in [5, 5.41) is 3.02. The molecule has 6 heteroatoms. The van der Waals surface area contributed by atoms with Crippen molar-refractivity contribution in [3.05, 3.63) is 71.3 Å². The van der Waals surface area contributed by atoms with Gasteiger partial charge < -0.3 is 19.9 Å². The number of nitrogens with one attached hydrogen (secondary N) is 1. The van der Waals surface area contributed by atoms with E-state index < -0.39 is 0 Å². The molecule has 0 spiro atoms. The highest BCUT2D eigenvalue weighted by Gasteiger charge is 2.27. The zero-order valence-corrected chi connectivity index (χ0v) is 19.0. The molecular weight excluding hydrogens is 402 g/mol. The molecular formula is C26H33N3O3. The zero-order chi connectivity index (χ0) is 22.5. The Hall–Kier alpha value is -2.86. The molecule has 2 saturated heterocycles. The number of rotatable bonds is 4. The van der Waals surface area contributed by atoms with Gasteiger partial charge in [-0.15, -0.1) is 0 Å².